The highest BCUT2D eigenvalue weighted by molar-refractivity contribution is 9.10. The summed E-state index contributed by atoms with van der Waals surface area (Å²) >= 11 is 3.60. The van der Waals surface area contributed by atoms with E-state index in [2.05, 4.69) is 53.3 Å². The molecule has 102 valence electrons. The van der Waals surface area contributed by atoms with Crippen LogP contribution in [0.25, 0.3) is 0 Å². The Morgan fingerprint density at radius 3 is 2.67 bits per heavy atom. The van der Waals surface area contributed by atoms with E-state index in [0.717, 1.165) is 30.6 Å². The van der Waals surface area contributed by atoms with Gasteiger partial charge in [0.15, 0.2) is 0 Å². The summed E-state index contributed by atoms with van der Waals surface area (Å²) in [5.74, 6) is 0. The number of likely N-dealkylation sites (N-methyl/N-ethyl adjacent to an activating group) is 1. The number of rotatable bonds is 9. The van der Waals surface area contributed by atoms with Crippen LogP contribution in [-0.2, 0) is 4.74 Å². The largest absolute Gasteiger partial charge is 0.372 e. The Balaban J connectivity index is 2.57. The smallest absolute Gasteiger partial charge is 0.0960 e. The second kappa shape index (κ2) is 9.54. The van der Waals surface area contributed by atoms with Crippen molar-refractivity contribution in [3.63, 3.8) is 0 Å². The number of nitrogens with one attached hydrogen (secondary N) is 1. The summed E-state index contributed by atoms with van der Waals surface area (Å²) in [5, 5.41) is 3.37. The molecule has 0 aliphatic carbocycles. The van der Waals surface area contributed by atoms with E-state index in [-0.39, 0.29) is 6.10 Å². The molecule has 1 rings (SSSR count). The summed E-state index contributed by atoms with van der Waals surface area (Å²) in [6.45, 7) is 7.01. The molecule has 1 aromatic carbocycles. The van der Waals surface area contributed by atoms with Gasteiger partial charge in [0.05, 0.1) is 6.10 Å². The van der Waals surface area contributed by atoms with Gasteiger partial charge in [-0.3, -0.25) is 0 Å². The van der Waals surface area contributed by atoms with Crippen molar-refractivity contribution in [2.75, 3.05) is 19.7 Å². The van der Waals surface area contributed by atoms with Crippen molar-refractivity contribution in [1.29, 1.82) is 0 Å². The Morgan fingerprint density at radius 1 is 1.22 bits per heavy atom. The van der Waals surface area contributed by atoms with E-state index >= 15 is 0 Å². The van der Waals surface area contributed by atoms with Crippen LogP contribution < -0.4 is 5.32 Å². The first kappa shape index (κ1) is 15.7. The van der Waals surface area contributed by atoms with Gasteiger partial charge in [0, 0.05) is 17.6 Å². The number of benzene rings is 1. The molecule has 0 fully saturated rings. The molecular weight excluding hydrogens is 290 g/mol. The molecule has 1 aromatic rings. The molecule has 18 heavy (non-hydrogen) atoms. The van der Waals surface area contributed by atoms with Crippen LogP contribution in [0.5, 0.6) is 0 Å². The Kier molecular flexibility index (Phi) is 8.31. The average molecular weight is 314 g/mol. The van der Waals surface area contributed by atoms with Gasteiger partial charge in [0.2, 0.25) is 0 Å². The second-order valence-corrected chi connectivity index (χ2v) is 5.25. The third-order valence-corrected chi connectivity index (χ3v) is 3.62. The van der Waals surface area contributed by atoms with E-state index < -0.39 is 0 Å². The Bertz CT molecular complexity index is 330. The quantitative estimate of drug-likeness (QED) is 0.686. The van der Waals surface area contributed by atoms with Gasteiger partial charge < -0.3 is 10.1 Å². The van der Waals surface area contributed by atoms with Crippen LogP contribution >= 0.6 is 15.9 Å². The number of ether oxygens (including phenoxy) is 1. The Morgan fingerprint density at radius 2 is 2.00 bits per heavy atom. The highest BCUT2D eigenvalue weighted by Crippen LogP contribution is 2.25. The zero-order valence-corrected chi connectivity index (χ0v) is 13.0. The number of halogens is 1. The summed E-state index contributed by atoms with van der Waals surface area (Å²) in [6, 6.07) is 8.30. The van der Waals surface area contributed by atoms with Crippen molar-refractivity contribution in [3.8, 4) is 0 Å². The number of unbranched alkanes of at least 4 members (excludes halogenated alkanes) is 2. The van der Waals surface area contributed by atoms with E-state index in [1.807, 2.05) is 6.07 Å². The van der Waals surface area contributed by atoms with Crippen molar-refractivity contribution in [3.05, 3.63) is 34.3 Å². The van der Waals surface area contributed by atoms with Crippen LogP contribution in [0.2, 0.25) is 0 Å². The molecule has 0 aliphatic rings. The predicted octanol–water partition coefficient (Wildman–Crippen LogP) is 4.31. The van der Waals surface area contributed by atoms with E-state index in [0.29, 0.717) is 0 Å². The highest BCUT2D eigenvalue weighted by Gasteiger charge is 2.13. The van der Waals surface area contributed by atoms with Gasteiger partial charge in [-0.05, 0) is 24.6 Å². The Hall–Kier alpha value is -0.380. The monoisotopic (exact) mass is 313 g/mol. The van der Waals surface area contributed by atoms with Crippen molar-refractivity contribution in [2.45, 2.75) is 39.2 Å². The lowest BCUT2D eigenvalue weighted by molar-refractivity contribution is 0.0499. The van der Waals surface area contributed by atoms with E-state index in [9.17, 15) is 0 Å². The third kappa shape index (κ3) is 5.51. The summed E-state index contributed by atoms with van der Waals surface area (Å²) in [6.07, 6.45) is 3.75. The maximum atomic E-state index is 6.02. The molecule has 0 spiro atoms. The minimum absolute atomic E-state index is 0.136. The minimum Gasteiger partial charge on any atom is -0.372 e. The normalized spacial score (nSPS) is 12.6. The van der Waals surface area contributed by atoms with Gasteiger partial charge in [-0.1, -0.05) is 60.8 Å². The predicted molar refractivity (Wildman–Crippen MR) is 80.9 cm³/mol. The molecule has 0 saturated heterocycles. The second-order valence-electron chi connectivity index (χ2n) is 4.40. The lowest BCUT2D eigenvalue weighted by Crippen LogP contribution is -2.23. The average Bonchev–Trinajstić information content (AvgIpc) is 2.39. The maximum absolute atomic E-state index is 6.02. The van der Waals surface area contributed by atoms with Crippen LogP contribution in [0.15, 0.2) is 28.7 Å². The summed E-state index contributed by atoms with van der Waals surface area (Å²) in [4.78, 5) is 0. The van der Waals surface area contributed by atoms with Crippen molar-refractivity contribution >= 4 is 15.9 Å². The molecule has 0 heterocycles. The van der Waals surface area contributed by atoms with Gasteiger partial charge in [-0.25, -0.2) is 0 Å². The SMILES string of the molecule is CCCCCOC(CNCC)c1ccccc1Br. The number of hydrogen-bond acceptors (Lipinski definition) is 2. The molecule has 1 N–H and O–H groups in total. The zero-order chi connectivity index (χ0) is 13.2. The van der Waals surface area contributed by atoms with Crippen LogP contribution in [-0.4, -0.2) is 19.7 Å². The van der Waals surface area contributed by atoms with Gasteiger partial charge in [-0.15, -0.1) is 0 Å². The van der Waals surface area contributed by atoms with Crippen molar-refractivity contribution < 1.29 is 4.74 Å². The van der Waals surface area contributed by atoms with Gasteiger partial charge in [0.1, 0.15) is 0 Å². The summed E-state index contributed by atoms with van der Waals surface area (Å²) in [5.41, 5.74) is 1.23. The van der Waals surface area contributed by atoms with E-state index in [1.165, 1.54) is 18.4 Å². The standard InChI is InChI=1S/C15H24BrNO/c1-3-5-8-11-18-15(12-17-4-2)13-9-6-7-10-14(13)16/h6-7,9-10,15,17H,3-5,8,11-12H2,1-2H3. The van der Waals surface area contributed by atoms with Crippen LogP contribution in [0, 0.1) is 0 Å². The fourth-order valence-corrected chi connectivity index (χ4v) is 2.39. The van der Waals surface area contributed by atoms with Crippen LogP contribution in [0.1, 0.15) is 44.8 Å². The molecule has 1 unspecified atom stereocenters. The molecule has 0 aliphatic heterocycles. The topological polar surface area (TPSA) is 21.3 Å². The molecule has 0 saturated carbocycles. The minimum atomic E-state index is 0.136. The molecule has 0 aromatic heterocycles. The first-order chi connectivity index (χ1) is 8.79. The fraction of sp³-hybridized carbons (Fsp3) is 0.600. The molecule has 2 nitrogen and oxygen atoms in total. The van der Waals surface area contributed by atoms with Gasteiger partial charge in [-0.2, -0.15) is 0 Å². The summed E-state index contributed by atoms with van der Waals surface area (Å²) in [7, 11) is 0. The first-order valence-electron chi connectivity index (χ1n) is 6.86. The Labute approximate surface area is 119 Å². The lowest BCUT2D eigenvalue weighted by atomic mass is 10.1. The van der Waals surface area contributed by atoms with E-state index in [1.54, 1.807) is 0 Å². The van der Waals surface area contributed by atoms with Crippen molar-refractivity contribution in [2.24, 2.45) is 0 Å². The molecule has 0 radical (unpaired) electrons. The van der Waals surface area contributed by atoms with Crippen LogP contribution in [0.3, 0.4) is 0 Å². The summed E-state index contributed by atoms with van der Waals surface area (Å²) < 4.78 is 7.15. The van der Waals surface area contributed by atoms with Crippen LogP contribution in [0.4, 0.5) is 0 Å². The molecular formula is C15H24BrNO. The molecule has 1 atom stereocenters. The fourth-order valence-electron chi connectivity index (χ4n) is 1.85. The molecule has 3 heteroatoms. The van der Waals surface area contributed by atoms with Gasteiger partial charge >= 0.3 is 0 Å². The van der Waals surface area contributed by atoms with Gasteiger partial charge in [0.25, 0.3) is 0 Å². The zero-order valence-electron chi connectivity index (χ0n) is 11.4. The molecule has 0 bridgehead atoms. The first-order valence-corrected chi connectivity index (χ1v) is 7.65. The lowest BCUT2D eigenvalue weighted by Gasteiger charge is -2.20. The highest BCUT2D eigenvalue weighted by atomic mass is 79.9. The van der Waals surface area contributed by atoms with Crippen molar-refractivity contribution in [1.82, 2.24) is 5.32 Å². The van der Waals surface area contributed by atoms with E-state index in [4.69, 9.17) is 4.74 Å². The maximum Gasteiger partial charge on any atom is 0.0960 e. The molecule has 0 amide bonds. The number of hydrogen-bond donors (Lipinski definition) is 1. The third-order valence-electron chi connectivity index (χ3n) is 2.90.